The normalized spacial score (nSPS) is 11.1. The summed E-state index contributed by atoms with van der Waals surface area (Å²) in [6.45, 7) is 9.48. The number of aryl methyl sites for hydroxylation is 1. The monoisotopic (exact) mass is 311 g/mol. The number of rotatable bonds is 5. The first-order valence-corrected chi connectivity index (χ1v) is 7.94. The third-order valence-electron chi connectivity index (χ3n) is 3.69. The first-order valence-electron chi connectivity index (χ1n) is 7.94. The molecule has 0 unspecified atom stereocenters. The van der Waals surface area contributed by atoms with Crippen molar-refractivity contribution in [3.63, 3.8) is 0 Å². The van der Waals surface area contributed by atoms with E-state index in [0.717, 1.165) is 11.3 Å². The predicted molar refractivity (Wildman–Crippen MR) is 94.1 cm³/mol. The molecule has 0 aliphatic heterocycles. The summed E-state index contributed by atoms with van der Waals surface area (Å²) in [5, 5.41) is 2.86. The van der Waals surface area contributed by atoms with Crippen molar-refractivity contribution in [2.45, 2.75) is 33.1 Å². The Bertz CT molecular complexity index is 637. The number of nitrogens with one attached hydrogen (secondary N) is 1. The SMILES string of the molecule is Cc1ccc(C(=O)NCCOc2ccc(C(C)(C)C)cc2)cc1. The van der Waals surface area contributed by atoms with Crippen molar-refractivity contribution in [2.75, 3.05) is 13.2 Å². The van der Waals surface area contributed by atoms with E-state index in [1.54, 1.807) is 0 Å². The zero-order chi connectivity index (χ0) is 16.9. The lowest BCUT2D eigenvalue weighted by Gasteiger charge is -2.19. The van der Waals surface area contributed by atoms with Gasteiger partial charge in [-0.3, -0.25) is 4.79 Å². The highest BCUT2D eigenvalue weighted by molar-refractivity contribution is 5.94. The average Bonchev–Trinajstić information content (AvgIpc) is 2.51. The highest BCUT2D eigenvalue weighted by atomic mass is 16.5. The molecule has 3 heteroatoms. The van der Waals surface area contributed by atoms with Crippen molar-refractivity contribution < 1.29 is 9.53 Å². The van der Waals surface area contributed by atoms with Crippen LogP contribution in [0.15, 0.2) is 48.5 Å². The van der Waals surface area contributed by atoms with Gasteiger partial charge in [0, 0.05) is 5.56 Å². The number of hydrogen-bond donors (Lipinski definition) is 1. The van der Waals surface area contributed by atoms with Gasteiger partial charge in [-0.1, -0.05) is 50.6 Å². The van der Waals surface area contributed by atoms with Crippen molar-refractivity contribution in [2.24, 2.45) is 0 Å². The molecule has 23 heavy (non-hydrogen) atoms. The zero-order valence-corrected chi connectivity index (χ0v) is 14.3. The van der Waals surface area contributed by atoms with E-state index < -0.39 is 0 Å². The second-order valence-electron chi connectivity index (χ2n) is 6.74. The highest BCUT2D eigenvalue weighted by Gasteiger charge is 2.12. The molecule has 0 saturated carbocycles. The molecule has 3 nitrogen and oxygen atoms in total. The third-order valence-corrected chi connectivity index (χ3v) is 3.69. The van der Waals surface area contributed by atoms with Crippen LogP contribution in [-0.2, 0) is 5.41 Å². The molecule has 0 aliphatic rings. The molecule has 0 bridgehead atoms. The second kappa shape index (κ2) is 7.32. The molecular weight excluding hydrogens is 286 g/mol. The zero-order valence-electron chi connectivity index (χ0n) is 14.3. The summed E-state index contributed by atoms with van der Waals surface area (Å²) in [5.41, 5.74) is 3.23. The van der Waals surface area contributed by atoms with Crippen molar-refractivity contribution in [3.8, 4) is 5.75 Å². The van der Waals surface area contributed by atoms with E-state index in [1.807, 2.05) is 43.3 Å². The number of carbonyl (C=O) groups is 1. The molecule has 0 spiro atoms. The molecule has 1 amide bonds. The maximum absolute atomic E-state index is 12.0. The first-order chi connectivity index (χ1) is 10.9. The summed E-state index contributed by atoms with van der Waals surface area (Å²) in [4.78, 5) is 12.0. The van der Waals surface area contributed by atoms with Gasteiger partial charge >= 0.3 is 0 Å². The third kappa shape index (κ3) is 5.13. The van der Waals surface area contributed by atoms with Crippen LogP contribution in [0.3, 0.4) is 0 Å². The smallest absolute Gasteiger partial charge is 0.251 e. The van der Waals surface area contributed by atoms with E-state index in [4.69, 9.17) is 4.74 Å². The van der Waals surface area contributed by atoms with Crippen molar-refractivity contribution in [1.29, 1.82) is 0 Å². The van der Waals surface area contributed by atoms with E-state index in [9.17, 15) is 4.79 Å². The standard InChI is InChI=1S/C20H25NO2/c1-15-5-7-16(8-6-15)19(22)21-13-14-23-18-11-9-17(10-12-18)20(2,3)4/h5-12H,13-14H2,1-4H3,(H,21,22). The molecule has 0 heterocycles. The quantitative estimate of drug-likeness (QED) is 0.844. The number of benzene rings is 2. The molecule has 0 aromatic heterocycles. The molecule has 0 radical (unpaired) electrons. The Hall–Kier alpha value is -2.29. The first kappa shape index (κ1) is 17.1. The van der Waals surface area contributed by atoms with E-state index >= 15 is 0 Å². The van der Waals surface area contributed by atoms with Gasteiger partial charge in [-0.15, -0.1) is 0 Å². The van der Waals surface area contributed by atoms with Crippen molar-refractivity contribution in [1.82, 2.24) is 5.32 Å². The van der Waals surface area contributed by atoms with Crippen LogP contribution in [0, 0.1) is 6.92 Å². The van der Waals surface area contributed by atoms with Gasteiger partial charge in [0.15, 0.2) is 0 Å². The Morgan fingerprint density at radius 1 is 1.00 bits per heavy atom. The second-order valence-corrected chi connectivity index (χ2v) is 6.74. The summed E-state index contributed by atoms with van der Waals surface area (Å²) >= 11 is 0. The van der Waals surface area contributed by atoms with Crippen LogP contribution in [0.4, 0.5) is 0 Å². The Morgan fingerprint density at radius 2 is 1.61 bits per heavy atom. The predicted octanol–water partition coefficient (Wildman–Crippen LogP) is 4.10. The highest BCUT2D eigenvalue weighted by Crippen LogP contribution is 2.24. The fourth-order valence-electron chi connectivity index (χ4n) is 2.19. The molecule has 0 fully saturated rings. The summed E-state index contributed by atoms with van der Waals surface area (Å²) < 4.78 is 5.66. The molecule has 0 aliphatic carbocycles. The van der Waals surface area contributed by atoms with Gasteiger partial charge in [0.2, 0.25) is 0 Å². The van der Waals surface area contributed by atoms with E-state index in [0.29, 0.717) is 18.7 Å². The van der Waals surface area contributed by atoms with Gasteiger partial charge in [0.25, 0.3) is 5.91 Å². The number of carbonyl (C=O) groups excluding carboxylic acids is 1. The lowest BCUT2D eigenvalue weighted by molar-refractivity contribution is 0.0947. The maximum atomic E-state index is 12.0. The molecular formula is C20H25NO2. The van der Waals surface area contributed by atoms with Crippen molar-refractivity contribution >= 4 is 5.91 Å². The Morgan fingerprint density at radius 3 is 2.17 bits per heavy atom. The maximum Gasteiger partial charge on any atom is 0.251 e. The minimum Gasteiger partial charge on any atom is -0.492 e. The van der Waals surface area contributed by atoms with E-state index in [1.165, 1.54) is 5.56 Å². The Kier molecular flexibility index (Phi) is 5.43. The number of amides is 1. The number of hydrogen-bond acceptors (Lipinski definition) is 2. The van der Waals surface area contributed by atoms with Crippen LogP contribution in [0.5, 0.6) is 5.75 Å². The molecule has 2 aromatic carbocycles. The van der Waals surface area contributed by atoms with Crippen LogP contribution >= 0.6 is 0 Å². The van der Waals surface area contributed by atoms with Crippen LogP contribution in [0.2, 0.25) is 0 Å². The van der Waals surface area contributed by atoms with Crippen LogP contribution in [0.25, 0.3) is 0 Å². The fraction of sp³-hybridized carbons (Fsp3) is 0.350. The molecule has 122 valence electrons. The van der Waals surface area contributed by atoms with Gasteiger partial charge in [0.1, 0.15) is 12.4 Å². The molecule has 0 atom stereocenters. The Balaban J connectivity index is 1.77. The van der Waals surface area contributed by atoms with Gasteiger partial charge in [0.05, 0.1) is 6.54 Å². The van der Waals surface area contributed by atoms with Gasteiger partial charge in [-0.2, -0.15) is 0 Å². The van der Waals surface area contributed by atoms with Gasteiger partial charge < -0.3 is 10.1 Å². The lowest BCUT2D eigenvalue weighted by Crippen LogP contribution is -2.28. The largest absolute Gasteiger partial charge is 0.492 e. The van der Waals surface area contributed by atoms with Crippen molar-refractivity contribution in [3.05, 3.63) is 65.2 Å². The Labute approximate surface area is 138 Å². The van der Waals surface area contributed by atoms with E-state index in [-0.39, 0.29) is 11.3 Å². The van der Waals surface area contributed by atoms with Crippen LogP contribution in [0.1, 0.15) is 42.3 Å². The molecule has 2 aromatic rings. The summed E-state index contributed by atoms with van der Waals surface area (Å²) in [7, 11) is 0. The van der Waals surface area contributed by atoms with Gasteiger partial charge in [-0.05, 0) is 42.2 Å². The van der Waals surface area contributed by atoms with Crippen LogP contribution in [-0.4, -0.2) is 19.1 Å². The molecule has 0 saturated heterocycles. The van der Waals surface area contributed by atoms with Crippen LogP contribution < -0.4 is 10.1 Å². The van der Waals surface area contributed by atoms with Gasteiger partial charge in [-0.25, -0.2) is 0 Å². The average molecular weight is 311 g/mol. The topological polar surface area (TPSA) is 38.3 Å². The summed E-state index contributed by atoms with van der Waals surface area (Å²) in [6, 6.07) is 15.6. The summed E-state index contributed by atoms with van der Waals surface area (Å²) in [5.74, 6) is 0.749. The number of ether oxygens (including phenoxy) is 1. The summed E-state index contributed by atoms with van der Waals surface area (Å²) in [6.07, 6.45) is 0. The molecule has 1 N–H and O–H groups in total. The fourth-order valence-corrected chi connectivity index (χ4v) is 2.19. The lowest BCUT2D eigenvalue weighted by atomic mass is 9.87. The minimum atomic E-state index is -0.0725. The van der Waals surface area contributed by atoms with E-state index in [2.05, 4.69) is 38.2 Å². The molecule has 2 rings (SSSR count). The minimum absolute atomic E-state index is 0.0725.